The van der Waals surface area contributed by atoms with Gasteiger partial charge in [0.25, 0.3) is 0 Å². The van der Waals surface area contributed by atoms with Crippen LogP contribution in [0.5, 0.6) is 0 Å². The van der Waals surface area contributed by atoms with E-state index in [0.29, 0.717) is 0 Å². The van der Waals surface area contributed by atoms with E-state index in [1.807, 2.05) is 0 Å². The SMILES string of the molecule is CC(CC(N)=NO)NC(=O)C(C(F)(F)F)C(F)(F)F. The lowest BCUT2D eigenvalue weighted by molar-refractivity contribution is -0.274. The third-order valence-electron chi connectivity index (χ3n) is 1.95. The minimum atomic E-state index is -5.75. The summed E-state index contributed by atoms with van der Waals surface area (Å²) in [6.07, 6.45) is -11.9. The molecule has 0 aromatic carbocycles. The molecule has 0 fully saturated rings. The molecule has 0 aliphatic heterocycles. The molecule has 0 radical (unpaired) electrons. The zero-order chi connectivity index (χ0) is 15.4. The van der Waals surface area contributed by atoms with E-state index in [0.717, 1.165) is 6.92 Å². The molecule has 0 aliphatic rings. The zero-order valence-corrected chi connectivity index (χ0v) is 9.51. The molecule has 0 aromatic rings. The fourth-order valence-corrected chi connectivity index (χ4v) is 1.21. The molecule has 0 saturated heterocycles. The summed E-state index contributed by atoms with van der Waals surface area (Å²) >= 11 is 0. The number of hydrogen-bond donors (Lipinski definition) is 3. The second-order valence-corrected chi connectivity index (χ2v) is 3.72. The van der Waals surface area contributed by atoms with Crippen LogP contribution in [-0.4, -0.2) is 35.3 Å². The Morgan fingerprint density at radius 3 is 2.00 bits per heavy atom. The standard InChI is InChI=1S/C8H11F6N3O2/c1-3(2-4(15)17-19)16-6(18)5(7(9,10)11)8(12,13)14/h3,5,19H,2H2,1H3,(H2,15,17)(H,16,18). The first-order valence-corrected chi connectivity index (χ1v) is 4.79. The van der Waals surface area contributed by atoms with Crippen molar-refractivity contribution in [3.8, 4) is 0 Å². The first-order chi connectivity index (χ1) is 8.39. The molecule has 5 nitrogen and oxygen atoms in total. The number of hydrogen-bond acceptors (Lipinski definition) is 3. The summed E-state index contributed by atoms with van der Waals surface area (Å²) in [5.74, 6) is -6.80. The van der Waals surface area contributed by atoms with E-state index in [1.54, 1.807) is 0 Å². The fourth-order valence-electron chi connectivity index (χ4n) is 1.21. The van der Waals surface area contributed by atoms with Crippen LogP contribution in [0.15, 0.2) is 5.16 Å². The molecule has 11 heteroatoms. The van der Waals surface area contributed by atoms with E-state index < -0.39 is 42.5 Å². The molecule has 0 heterocycles. The maximum Gasteiger partial charge on any atom is 0.409 e. The van der Waals surface area contributed by atoms with Gasteiger partial charge in [-0.2, -0.15) is 26.3 Å². The second kappa shape index (κ2) is 5.97. The smallest absolute Gasteiger partial charge is 0.409 e. The number of carbonyl (C=O) groups is 1. The van der Waals surface area contributed by atoms with Crippen LogP contribution in [0.3, 0.4) is 0 Å². The number of nitrogens with zero attached hydrogens (tertiary/aromatic N) is 1. The Kier molecular flexibility index (Phi) is 5.45. The Hall–Kier alpha value is -1.68. The number of nitrogens with two attached hydrogens (primary N) is 1. The largest absolute Gasteiger partial charge is 0.409 e. The summed E-state index contributed by atoms with van der Waals surface area (Å²) in [6, 6.07) is -1.16. The number of carbonyl (C=O) groups excluding carboxylic acids is 1. The summed E-state index contributed by atoms with van der Waals surface area (Å²) in [4.78, 5) is 11.0. The molecule has 112 valence electrons. The first kappa shape index (κ1) is 17.3. The van der Waals surface area contributed by atoms with Gasteiger partial charge < -0.3 is 16.3 Å². The van der Waals surface area contributed by atoms with Gasteiger partial charge in [0.2, 0.25) is 11.8 Å². The highest BCUT2D eigenvalue weighted by Gasteiger charge is 2.61. The lowest BCUT2D eigenvalue weighted by atomic mass is 10.1. The van der Waals surface area contributed by atoms with Crippen molar-refractivity contribution in [2.75, 3.05) is 0 Å². The number of nitrogens with one attached hydrogen (secondary N) is 1. The van der Waals surface area contributed by atoms with Gasteiger partial charge in [-0.25, -0.2) is 0 Å². The molecule has 1 unspecified atom stereocenters. The maximum atomic E-state index is 12.2. The van der Waals surface area contributed by atoms with Crippen LogP contribution >= 0.6 is 0 Å². The molecule has 1 amide bonds. The molecule has 19 heavy (non-hydrogen) atoms. The minimum Gasteiger partial charge on any atom is -0.409 e. The normalized spacial score (nSPS) is 15.5. The van der Waals surface area contributed by atoms with Crippen LogP contribution in [0.4, 0.5) is 26.3 Å². The molecular weight excluding hydrogens is 284 g/mol. The Balaban J connectivity index is 4.86. The molecule has 4 N–H and O–H groups in total. The molecule has 0 aliphatic carbocycles. The van der Waals surface area contributed by atoms with Crippen LogP contribution in [0.1, 0.15) is 13.3 Å². The lowest BCUT2D eigenvalue weighted by Crippen LogP contribution is -2.50. The fraction of sp³-hybridized carbons (Fsp3) is 0.750. The van der Waals surface area contributed by atoms with E-state index >= 15 is 0 Å². The van der Waals surface area contributed by atoms with Gasteiger partial charge in [0.1, 0.15) is 5.84 Å². The van der Waals surface area contributed by atoms with Crippen molar-refractivity contribution < 1.29 is 36.3 Å². The summed E-state index contributed by atoms with van der Waals surface area (Å²) < 4.78 is 73.1. The second-order valence-electron chi connectivity index (χ2n) is 3.72. The van der Waals surface area contributed by atoms with Crippen molar-refractivity contribution in [3.05, 3.63) is 0 Å². The van der Waals surface area contributed by atoms with Gasteiger partial charge >= 0.3 is 12.4 Å². The Morgan fingerprint density at radius 1 is 1.26 bits per heavy atom. The third-order valence-corrected chi connectivity index (χ3v) is 1.95. The van der Waals surface area contributed by atoms with Crippen LogP contribution in [0.2, 0.25) is 0 Å². The highest BCUT2D eigenvalue weighted by Crippen LogP contribution is 2.39. The summed E-state index contributed by atoms with van der Waals surface area (Å²) in [5, 5.41) is 12.2. The monoisotopic (exact) mass is 295 g/mol. The molecule has 1 atom stereocenters. The van der Waals surface area contributed by atoms with Gasteiger partial charge in [0.05, 0.1) is 0 Å². The quantitative estimate of drug-likeness (QED) is 0.241. The Bertz CT molecular complexity index is 337. The van der Waals surface area contributed by atoms with Crippen molar-refractivity contribution in [1.29, 1.82) is 0 Å². The minimum absolute atomic E-state index is 0.398. The Labute approximate surface area is 103 Å². The van der Waals surface area contributed by atoms with Gasteiger partial charge in [0, 0.05) is 12.5 Å². The molecule has 0 bridgehead atoms. The third kappa shape index (κ3) is 5.66. The predicted molar refractivity (Wildman–Crippen MR) is 51.2 cm³/mol. The average Bonchev–Trinajstić information content (AvgIpc) is 2.11. The number of halogens is 6. The van der Waals surface area contributed by atoms with Crippen molar-refractivity contribution in [3.63, 3.8) is 0 Å². The summed E-state index contributed by atoms with van der Waals surface area (Å²) in [6.45, 7) is 1.11. The van der Waals surface area contributed by atoms with Gasteiger partial charge in [-0.15, -0.1) is 0 Å². The summed E-state index contributed by atoms with van der Waals surface area (Å²) in [7, 11) is 0. The molecular formula is C8H11F6N3O2. The molecule has 0 rings (SSSR count). The van der Waals surface area contributed by atoms with Crippen LogP contribution in [0.25, 0.3) is 0 Å². The van der Waals surface area contributed by atoms with Crippen LogP contribution < -0.4 is 11.1 Å². The van der Waals surface area contributed by atoms with E-state index in [9.17, 15) is 31.1 Å². The van der Waals surface area contributed by atoms with E-state index in [1.165, 1.54) is 5.32 Å². The number of alkyl halides is 6. The van der Waals surface area contributed by atoms with Gasteiger partial charge in [-0.3, -0.25) is 4.79 Å². The van der Waals surface area contributed by atoms with E-state index in [-0.39, 0.29) is 0 Å². The number of rotatable bonds is 4. The van der Waals surface area contributed by atoms with Crippen molar-refractivity contribution in [2.24, 2.45) is 16.8 Å². The first-order valence-electron chi connectivity index (χ1n) is 4.79. The summed E-state index contributed by atoms with van der Waals surface area (Å²) in [5.41, 5.74) is 5.00. The number of amidine groups is 1. The molecule has 0 aromatic heterocycles. The number of oxime groups is 1. The van der Waals surface area contributed by atoms with E-state index in [4.69, 9.17) is 10.9 Å². The predicted octanol–water partition coefficient (Wildman–Crippen LogP) is 1.37. The van der Waals surface area contributed by atoms with Gasteiger partial charge in [-0.1, -0.05) is 5.16 Å². The van der Waals surface area contributed by atoms with E-state index in [2.05, 4.69) is 5.16 Å². The highest BCUT2D eigenvalue weighted by atomic mass is 19.4. The van der Waals surface area contributed by atoms with Crippen LogP contribution in [0, 0.1) is 5.92 Å². The zero-order valence-electron chi connectivity index (χ0n) is 9.51. The number of amides is 1. The Morgan fingerprint density at radius 2 is 1.68 bits per heavy atom. The van der Waals surface area contributed by atoms with Gasteiger partial charge in [-0.05, 0) is 6.92 Å². The van der Waals surface area contributed by atoms with Crippen LogP contribution in [-0.2, 0) is 4.79 Å². The van der Waals surface area contributed by atoms with Crippen molar-refractivity contribution in [2.45, 2.75) is 31.7 Å². The maximum absolute atomic E-state index is 12.2. The molecule has 0 saturated carbocycles. The lowest BCUT2D eigenvalue weighted by Gasteiger charge is -2.23. The highest BCUT2D eigenvalue weighted by molar-refractivity contribution is 5.83. The van der Waals surface area contributed by atoms with Crippen molar-refractivity contribution in [1.82, 2.24) is 5.32 Å². The molecule has 0 spiro atoms. The van der Waals surface area contributed by atoms with Gasteiger partial charge in [0.15, 0.2) is 0 Å². The van der Waals surface area contributed by atoms with Crippen molar-refractivity contribution >= 4 is 11.7 Å². The average molecular weight is 295 g/mol. The topological polar surface area (TPSA) is 87.7 Å².